The van der Waals surface area contributed by atoms with Crippen LogP contribution in [0.4, 0.5) is 0 Å². The fraction of sp³-hybridized carbons (Fsp3) is 0.708. The van der Waals surface area contributed by atoms with Gasteiger partial charge in [0, 0.05) is 66.0 Å². The van der Waals surface area contributed by atoms with Crippen LogP contribution in [0.3, 0.4) is 0 Å². The van der Waals surface area contributed by atoms with Gasteiger partial charge in [0.15, 0.2) is 5.96 Å². The molecule has 3 heterocycles. The quantitative estimate of drug-likeness (QED) is 0.330. The van der Waals surface area contributed by atoms with E-state index in [0.29, 0.717) is 0 Å². The summed E-state index contributed by atoms with van der Waals surface area (Å²) in [6, 6.07) is 9.03. The van der Waals surface area contributed by atoms with Gasteiger partial charge in [-0.05, 0) is 30.5 Å². The highest BCUT2D eigenvalue weighted by Crippen LogP contribution is 2.21. The zero-order valence-corrected chi connectivity index (χ0v) is 22.0. The van der Waals surface area contributed by atoms with Gasteiger partial charge in [-0.1, -0.05) is 31.2 Å². The summed E-state index contributed by atoms with van der Waals surface area (Å²) in [5.41, 5.74) is 2.68. The van der Waals surface area contributed by atoms with Crippen molar-refractivity contribution >= 4 is 29.9 Å². The largest absolute Gasteiger partial charge is 0.375 e. The summed E-state index contributed by atoms with van der Waals surface area (Å²) in [5, 5.41) is 3.54. The lowest BCUT2D eigenvalue weighted by Gasteiger charge is -2.37. The molecule has 1 aromatic rings. The molecule has 3 saturated heterocycles. The zero-order chi connectivity index (χ0) is 21.5. The lowest BCUT2D eigenvalue weighted by Crippen LogP contribution is -2.53. The van der Waals surface area contributed by atoms with Crippen LogP contribution in [0, 0.1) is 0 Å². The predicted molar refractivity (Wildman–Crippen MR) is 140 cm³/mol. The number of likely N-dealkylation sites (N-methyl/N-ethyl adjacent to an activating group) is 1. The summed E-state index contributed by atoms with van der Waals surface area (Å²) < 4.78 is 11.8. The number of piperazine rings is 1. The molecular formula is C24H40IN5O2. The van der Waals surface area contributed by atoms with Crippen molar-refractivity contribution in [3.8, 4) is 0 Å². The minimum atomic E-state index is 0. The molecule has 0 radical (unpaired) electrons. The molecule has 3 aliphatic heterocycles. The molecule has 8 heteroatoms. The Bertz CT molecular complexity index is 703. The first-order chi connectivity index (χ1) is 15.2. The Labute approximate surface area is 210 Å². The molecule has 4 rings (SSSR count). The number of nitrogens with zero attached hydrogens (tertiary/aromatic N) is 4. The van der Waals surface area contributed by atoms with Crippen LogP contribution >= 0.6 is 24.0 Å². The van der Waals surface area contributed by atoms with Crippen LogP contribution in [0.5, 0.6) is 0 Å². The van der Waals surface area contributed by atoms with E-state index in [9.17, 15) is 0 Å². The second-order valence-electron chi connectivity index (χ2n) is 8.83. The molecule has 1 aromatic carbocycles. The monoisotopic (exact) mass is 557 g/mol. The minimum absolute atomic E-state index is 0. The fourth-order valence-corrected chi connectivity index (χ4v) is 4.79. The molecule has 0 aromatic heterocycles. The molecule has 2 atom stereocenters. The van der Waals surface area contributed by atoms with Crippen molar-refractivity contribution < 1.29 is 9.47 Å². The fourth-order valence-electron chi connectivity index (χ4n) is 4.79. The summed E-state index contributed by atoms with van der Waals surface area (Å²) in [6.07, 6.45) is 2.62. The molecule has 2 unspecified atom stereocenters. The second kappa shape index (κ2) is 13.1. The van der Waals surface area contributed by atoms with Gasteiger partial charge in [0.1, 0.15) is 6.10 Å². The predicted octanol–water partition coefficient (Wildman–Crippen LogP) is 2.40. The van der Waals surface area contributed by atoms with Gasteiger partial charge in [0.25, 0.3) is 0 Å². The Balaban J connectivity index is 0.00000289. The Kier molecular flexibility index (Phi) is 10.5. The van der Waals surface area contributed by atoms with Crippen LogP contribution < -0.4 is 5.32 Å². The van der Waals surface area contributed by atoms with E-state index in [1.165, 1.54) is 37.3 Å². The Hall–Kier alpha value is -0.940. The van der Waals surface area contributed by atoms with Gasteiger partial charge in [-0.3, -0.25) is 9.89 Å². The summed E-state index contributed by atoms with van der Waals surface area (Å²) in [7, 11) is 1.86. The molecule has 32 heavy (non-hydrogen) atoms. The van der Waals surface area contributed by atoms with Gasteiger partial charge >= 0.3 is 0 Å². The van der Waals surface area contributed by atoms with Gasteiger partial charge in [0.05, 0.1) is 12.7 Å². The SMILES string of the molecule is CCN1CCN(Cc2ccc(CNC(=NC)N3CCOC(C4CCCO4)C3)cc2)CC1.I. The number of hydrogen-bond donors (Lipinski definition) is 1. The lowest BCUT2D eigenvalue weighted by atomic mass is 10.1. The molecule has 0 aliphatic carbocycles. The van der Waals surface area contributed by atoms with Crippen LogP contribution in [-0.2, 0) is 22.6 Å². The average Bonchev–Trinajstić information content (AvgIpc) is 3.36. The van der Waals surface area contributed by atoms with E-state index in [-0.39, 0.29) is 36.2 Å². The molecule has 7 nitrogen and oxygen atoms in total. The van der Waals surface area contributed by atoms with E-state index < -0.39 is 0 Å². The molecule has 0 bridgehead atoms. The first-order valence-electron chi connectivity index (χ1n) is 12.0. The van der Waals surface area contributed by atoms with Crippen molar-refractivity contribution in [2.45, 2.75) is 45.1 Å². The maximum Gasteiger partial charge on any atom is 0.194 e. The van der Waals surface area contributed by atoms with Gasteiger partial charge in [0.2, 0.25) is 0 Å². The number of benzene rings is 1. The first kappa shape index (κ1) is 25.7. The number of ether oxygens (including phenoxy) is 2. The van der Waals surface area contributed by atoms with Crippen LogP contribution in [0.2, 0.25) is 0 Å². The summed E-state index contributed by atoms with van der Waals surface area (Å²) in [6.45, 7) is 13.3. The highest BCUT2D eigenvalue weighted by atomic mass is 127. The van der Waals surface area contributed by atoms with Crippen molar-refractivity contribution in [1.82, 2.24) is 20.0 Å². The number of aliphatic imine (C=N–C) groups is 1. The third-order valence-corrected chi connectivity index (χ3v) is 6.78. The van der Waals surface area contributed by atoms with E-state index in [0.717, 1.165) is 64.7 Å². The topological polar surface area (TPSA) is 52.6 Å². The van der Waals surface area contributed by atoms with Crippen molar-refractivity contribution in [3.05, 3.63) is 35.4 Å². The van der Waals surface area contributed by atoms with E-state index in [1.807, 2.05) is 7.05 Å². The molecule has 0 saturated carbocycles. The van der Waals surface area contributed by atoms with E-state index in [1.54, 1.807) is 0 Å². The van der Waals surface area contributed by atoms with Crippen LogP contribution in [-0.4, -0.2) is 98.9 Å². The maximum absolute atomic E-state index is 5.98. The molecule has 0 amide bonds. The van der Waals surface area contributed by atoms with Crippen molar-refractivity contribution in [1.29, 1.82) is 0 Å². The summed E-state index contributed by atoms with van der Waals surface area (Å²) in [4.78, 5) is 11.9. The highest BCUT2D eigenvalue weighted by molar-refractivity contribution is 14.0. The van der Waals surface area contributed by atoms with Crippen molar-refractivity contribution in [2.24, 2.45) is 4.99 Å². The third-order valence-electron chi connectivity index (χ3n) is 6.78. The molecule has 3 aliphatic rings. The van der Waals surface area contributed by atoms with E-state index in [4.69, 9.17) is 9.47 Å². The van der Waals surface area contributed by atoms with Gasteiger partial charge in [-0.15, -0.1) is 24.0 Å². The Morgan fingerprint density at radius 1 is 0.969 bits per heavy atom. The standard InChI is InChI=1S/C24H39N5O2.HI/c1-3-27-10-12-28(13-11-27)18-21-8-6-20(7-9-21)17-26-24(25-2)29-14-16-31-23(19-29)22-5-4-15-30-22;/h6-9,22-23H,3-5,10-19H2,1-2H3,(H,25,26);1H. The smallest absolute Gasteiger partial charge is 0.194 e. The molecule has 180 valence electrons. The number of morpholine rings is 1. The second-order valence-corrected chi connectivity index (χ2v) is 8.83. The van der Waals surface area contributed by atoms with Crippen molar-refractivity contribution in [3.63, 3.8) is 0 Å². The molecule has 1 N–H and O–H groups in total. The molecule has 3 fully saturated rings. The summed E-state index contributed by atoms with van der Waals surface area (Å²) >= 11 is 0. The maximum atomic E-state index is 5.98. The summed E-state index contributed by atoms with van der Waals surface area (Å²) in [5.74, 6) is 0.948. The number of guanidine groups is 1. The van der Waals surface area contributed by atoms with Gasteiger partial charge in [-0.25, -0.2) is 0 Å². The van der Waals surface area contributed by atoms with Crippen LogP contribution in [0.15, 0.2) is 29.3 Å². The lowest BCUT2D eigenvalue weighted by molar-refractivity contribution is -0.0817. The number of halogens is 1. The van der Waals surface area contributed by atoms with Crippen LogP contribution in [0.1, 0.15) is 30.9 Å². The Morgan fingerprint density at radius 3 is 2.31 bits per heavy atom. The first-order valence-corrected chi connectivity index (χ1v) is 12.0. The van der Waals surface area contributed by atoms with E-state index >= 15 is 0 Å². The zero-order valence-electron chi connectivity index (χ0n) is 19.7. The molecule has 0 spiro atoms. The van der Waals surface area contributed by atoms with Crippen LogP contribution in [0.25, 0.3) is 0 Å². The average molecular weight is 558 g/mol. The minimum Gasteiger partial charge on any atom is -0.375 e. The van der Waals surface area contributed by atoms with Gasteiger partial charge < -0.3 is 24.6 Å². The highest BCUT2D eigenvalue weighted by Gasteiger charge is 2.32. The Morgan fingerprint density at radius 2 is 1.66 bits per heavy atom. The number of rotatable bonds is 6. The number of hydrogen-bond acceptors (Lipinski definition) is 5. The molecular weight excluding hydrogens is 517 g/mol. The van der Waals surface area contributed by atoms with Gasteiger partial charge in [-0.2, -0.15) is 0 Å². The van der Waals surface area contributed by atoms with Crippen molar-refractivity contribution in [2.75, 3.05) is 66.1 Å². The normalized spacial score (nSPS) is 25.6. The third kappa shape index (κ3) is 7.03. The number of nitrogens with one attached hydrogen (secondary N) is 1. The van der Waals surface area contributed by atoms with E-state index in [2.05, 4.69) is 56.2 Å².